The normalized spacial score (nSPS) is 10.6. The molecule has 0 radical (unpaired) electrons. The van der Waals surface area contributed by atoms with Crippen LogP contribution in [0.15, 0.2) is 35.4 Å². The molecule has 17 heavy (non-hydrogen) atoms. The Kier molecular flexibility index (Phi) is 3.43. The maximum atomic E-state index is 3.30. The smallest absolute Gasteiger partial charge is 0.312 e. The first-order valence-electron chi connectivity index (χ1n) is 5.55. The van der Waals surface area contributed by atoms with Gasteiger partial charge in [-0.15, -0.1) is 0 Å². The molecule has 0 atom stereocenters. The van der Waals surface area contributed by atoms with E-state index in [1.165, 1.54) is 21.0 Å². The molecule has 90 valence electrons. The Labute approximate surface area is 106 Å². The maximum absolute atomic E-state index is 3.30. The topological polar surface area (TPSA) is 22.0 Å². The molecule has 2 aromatic rings. The first kappa shape index (κ1) is 12.0. The molecule has 3 nitrogen and oxygen atoms in total. The number of thioether (sulfide) groups is 1. The van der Waals surface area contributed by atoms with Gasteiger partial charge in [0.15, 0.2) is 0 Å². The van der Waals surface area contributed by atoms with Gasteiger partial charge in [0.25, 0.3) is 0 Å². The number of nitrogens with zero attached hydrogens (tertiary/aromatic N) is 2. The van der Waals surface area contributed by atoms with Crippen LogP contribution in [0.4, 0.5) is 0 Å². The fourth-order valence-electron chi connectivity index (χ4n) is 1.81. The molecule has 4 heteroatoms. The molecule has 0 aliphatic heterocycles. The Morgan fingerprint density at radius 2 is 1.94 bits per heavy atom. The van der Waals surface area contributed by atoms with Gasteiger partial charge >= 0.3 is 5.17 Å². The monoisotopic (exact) mass is 248 g/mol. The summed E-state index contributed by atoms with van der Waals surface area (Å²) in [6.45, 7) is 0. The number of H-pyrrole nitrogens is 1. The third-order valence-electron chi connectivity index (χ3n) is 2.52. The van der Waals surface area contributed by atoms with E-state index in [2.05, 4.69) is 73.1 Å². The van der Waals surface area contributed by atoms with E-state index in [9.17, 15) is 0 Å². The highest BCUT2D eigenvalue weighted by Crippen LogP contribution is 2.28. The van der Waals surface area contributed by atoms with Gasteiger partial charge in [0.1, 0.15) is 0 Å². The molecule has 0 unspecified atom stereocenters. The van der Waals surface area contributed by atoms with Crippen LogP contribution in [0.5, 0.6) is 0 Å². The molecule has 1 aromatic carbocycles. The summed E-state index contributed by atoms with van der Waals surface area (Å²) in [6.07, 6.45) is 2.07. The molecule has 0 fully saturated rings. The minimum absolute atomic E-state index is 1.19. The fourth-order valence-corrected chi connectivity index (χ4v) is 2.78. The van der Waals surface area contributed by atoms with Crippen LogP contribution in [0.1, 0.15) is 0 Å². The van der Waals surface area contributed by atoms with Gasteiger partial charge in [-0.3, -0.25) is 9.48 Å². The van der Waals surface area contributed by atoms with Crippen molar-refractivity contribution in [3.05, 3.63) is 30.5 Å². The van der Waals surface area contributed by atoms with E-state index in [1.54, 1.807) is 11.8 Å². The lowest BCUT2D eigenvalue weighted by Crippen LogP contribution is -2.26. The molecule has 0 bridgehead atoms. The summed E-state index contributed by atoms with van der Waals surface area (Å²) in [5, 5.41) is 2.49. The largest absolute Gasteiger partial charge is 0.360 e. The van der Waals surface area contributed by atoms with E-state index < -0.39 is 0 Å². The molecule has 1 N–H and O–H groups in total. The van der Waals surface area contributed by atoms with Crippen LogP contribution in [-0.4, -0.2) is 47.8 Å². The second kappa shape index (κ2) is 4.84. The third-order valence-corrected chi connectivity index (χ3v) is 3.99. The van der Waals surface area contributed by atoms with Crippen LogP contribution in [0.3, 0.4) is 0 Å². The maximum Gasteiger partial charge on any atom is 0.312 e. The number of nitrogens with one attached hydrogen (secondary N) is 1. The Morgan fingerprint density at radius 1 is 1.24 bits per heavy atom. The zero-order valence-corrected chi connectivity index (χ0v) is 11.5. The third kappa shape index (κ3) is 2.47. The summed E-state index contributed by atoms with van der Waals surface area (Å²) in [5.74, 6) is 0. The van der Waals surface area contributed by atoms with E-state index >= 15 is 0 Å². The molecule has 0 amide bonds. The van der Waals surface area contributed by atoms with E-state index in [-0.39, 0.29) is 0 Å². The van der Waals surface area contributed by atoms with Crippen molar-refractivity contribution in [1.29, 1.82) is 0 Å². The van der Waals surface area contributed by atoms with Gasteiger partial charge < -0.3 is 4.98 Å². The van der Waals surface area contributed by atoms with E-state index in [4.69, 9.17) is 0 Å². The number of benzene rings is 1. The molecular formula is C13H18N3S+. The molecule has 1 heterocycles. The average Bonchev–Trinajstić information content (AvgIpc) is 2.68. The number of amidine groups is 1. The van der Waals surface area contributed by atoms with Gasteiger partial charge in [-0.25, -0.2) is 0 Å². The molecule has 1 aromatic heterocycles. The summed E-state index contributed by atoms with van der Waals surface area (Å²) < 4.78 is 2.13. The lowest BCUT2D eigenvalue weighted by atomic mass is 10.2. The number of hydrogen-bond acceptors (Lipinski definition) is 1. The second-order valence-electron chi connectivity index (χ2n) is 4.37. The molecule has 0 aliphatic rings. The SMILES string of the molecule is CN(C)C(Sc1c[nH]c2ccccc12)=[N+](C)C. The molecule has 2 rings (SSSR count). The van der Waals surface area contributed by atoms with Crippen molar-refractivity contribution in [2.75, 3.05) is 28.2 Å². The van der Waals surface area contributed by atoms with E-state index in [0.29, 0.717) is 0 Å². The number of aromatic amines is 1. The standard InChI is InChI=1S/C13H18N3S/c1-15(2)13(16(3)4)17-12-9-14-11-8-6-5-7-10(11)12/h5-9,14H,1-4H3/q+1. The van der Waals surface area contributed by atoms with Crippen molar-refractivity contribution in [3.63, 3.8) is 0 Å². The summed E-state index contributed by atoms with van der Waals surface area (Å²) in [7, 11) is 8.27. The summed E-state index contributed by atoms with van der Waals surface area (Å²) in [6, 6.07) is 8.38. The predicted molar refractivity (Wildman–Crippen MR) is 75.0 cm³/mol. The van der Waals surface area contributed by atoms with Crippen molar-refractivity contribution in [2.45, 2.75) is 4.90 Å². The van der Waals surface area contributed by atoms with Crippen molar-refractivity contribution in [1.82, 2.24) is 9.88 Å². The van der Waals surface area contributed by atoms with Crippen LogP contribution in [0.25, 0.3) is 10.9 Å². The average molecular weight is 248 g/mol. The summed E-state index contributed by atoms with van der Waals surface area (Å²) in [5.41, 5.74) is 1.19. The molecule has 0 spiro atoms. The Morgan fingerprint density at radius 3 is 2.59 bits per heavy atom. The lowest BCUT2D eigenvalue weighted by molar-refractivity contribution is -0.466. The van der Waals surface area contributed by atoms with Crippen molar-refractivity contribution >= 4 is 27.8 Å². The number of para-hydroxylation sites is 1. The van der Waals surface area contributed by atoms with E-state index in [1.807, 2.05) is 0 Å². The van der Waals surface area contributed by atoms with Gasteiger partial charge in [0, 0.05) is 22.0 Å². The Hall–Kier alpha value is -1.42. The zero-order chi connectivity index (χ0) is 12.4. The van der Waals surface area contributed by atoms with Crippen LogP contribution in [0, 0.1) is 0 Å². The van der Waals surface area contributed by atoms with Gasteiger partial charge in [0.2, 0.25) is 0 Å². The van der Waals surface area contributed by atoms with Crippen LogP contribution >= 0.6 is 11.8 Å². The van der Waals surface area contributed by atoms with Crippen molar-refractivity contribution < 1.29 is 4.58 Å². The molecule has 0 aliphatic carbocycles. The summed E-state index contributed by atoms with van der Waals surface area (Å²) in [4.78, 5) is 6.69. The Bertz CT molecular complexity index is 551. The number of rotatable bonds is 1. The quantitative estimate of drug-likeness (QED) is 0.362. The van der Waals surface area contributed by atoms with E-state index in [0.717, 1.165) is 0 Å². The van der Waals surface area contributed by atoms with Gasteiger partial charge in [-0.1, -0.05) is 18.2 Å². The van der Waals surface area contributed by atoms with Crippen molar-refractivity contribution in [3.8, 4) is 0 Å². The highest BCUT2D eigenvalue weighted by molar-refractivity contribution is 8.13. The Balaban J connectivity index is 2.39. The zero-order valence-electron chi connectivity index (χ0n) is 10.7. The first-order chi connectivity index (χ1) is 8.09. The van der Waals surface area contributed by atoms with Crippen LogP contribution in [-0.2, 0) is 0 Å². The molecular weight excluding hydrogens is 230 g/mol. The number of hydrogen-bond donors (Lipinski definition) is 1. The minimum atomic E-state index is 1.19. The fraction of sp³-hybridized carbons (Fsp3) is 0.308. The van der Waals surface area contributed by atoms with Gasteiger partial charge in [0.05, 0.1) is 28.2 Å². The second-order valence-corrected chi connectivity index (χ2v) is 5.38. The van der Waals surface area contributed by atoms with Crippen molar-refractivity contribution in [2.24, 2.45) is 0 Å². The van der Waals surface area contributed by atoms with Gasteiger partial charge in [-0.05, 0) is 17.8 Å². The molecule has 0 saturated carbocycles. The van der Waals surface area contributed by atoms with Crippen LogP contribution < -0.4 is 0 Å². The molecule has 0 saturated heterocycles. The highest BCUT2D eigenvalue weighted by atomic mass is 32.2. The highest BCUT2D eigenvalue weighted by Gasteiger charge is 2.16. The summed E-state index contributed by atoms with van der Waals surface area (Å²) >= 11 is 1.78. The number of fused-ring (bicyclic) bond motifs is 1. The predicted octanol–water partition coefficient (Wildman–Crippen LogP) is 2.45. The first-order valence-corrected chi connectivity index (χ1v) is 6.37. The number of aromatic nitrogens is 1. The van der Waals surface area contributed by atoms with Gasteiger partial charge in [-0.2, -0.15) is 0 Å². The lowest BCUT2D eigenvalue weighted by Gasteiger charge is -2.09. The minimum Gasteiger partial charge on any atom is -0.360 e. The van der Waals surface area contributed by atoms with Crippen LogP contribution in [0.2, 0.25) is 0 Å².